The number of hydrogen-bond acceptors (Lipinski definition) is 3. The average Bonchev–Trinajstić information content (AvgIpc) is 2.71. The summed E-state index contributed by atoms with van der Waals surface area (Å²) in [5, 5.41) is 6.73. The van der Waals surface area contributed by atoms with E-state index in [9.17, 15) is 4.79 Å². The number of carbonyl (C=O) groups excluding carboxylic acids is 1. The van der Waals surface area contributed by atoms with Gasteiger partial charge in [0.2, 0.25) is 0 Å². The molecule has 6 nitrogen and oxygen atoms in total. The van der Waals surface area contributed by atoms with Crippen molar-refractivity contribution in [2.45, 2.75) is 51.6 Å². The number of guanidine groups is 1. The second-order valence-electron chi connectivity index (χ2n) is 7.84. The summed E-state index contributed by atoms with van der Waals surface area (Å²) in [6.45, 7) is 6.43. The highest BCUT2D eigenvalue weighted by Crippen LogP contribution is 2.16. The first-order valence-electron chi connectivity index (χ1n) is 10.5. The van der Waals surface area contributed by atoms with Crippen LogP contribution in [0.25, 0.3) is 0 Å². The van der Waals surface area contributed by atoms with Gasteiger partial charge >= 0.3 is 0 Å². The van der Waals surface area contributed by atoms with Crippen molar-refractivity contribution in [3.8, 4) is 0 Å². The van der Waals surface area contributed by atoms with E-state index in [0.717, 1.165) is 30.5 Å². The molecule has 1 fully saturated rings. The number of likely N-dealkylation sites (tertiary alicyclic amines) is 1. The summed E-state index contributed by atoms with van der Waals surface area (Å²) < 4.78 is 0. The lowest BCUT2D eigenvalue weighted by molar-refractivity contribution is 0.0827. The lowest BCUT2D eigenvalue weighted by Crippen LogP contribution is -2.39. The molecule has 28 heavy (non-hydrogen) atoms. The monoisotopic (exact) mass is 387 g/mol. The van der Waals surface area contributed by atoms with Gasteiger partial charge in [0.1, 0.15) is 0 Å². The van der Waals surface area contributed by atoms with E-state index >= 15 is 0 Å². The van der Waals surface area contributed by atoms with Crippen molar-refractivity contribution in [2.75, 3.05) is 40.8 Å². The van der Waals surface area contributed by atoms with E-state index in [1.807, 2.05) is 24.3 Å². The summed E-state index contributed by atoms with van der Waals surface area (Å²) in [5.41, 5.74) is 1.83. The number of nitrogens with one attached hydrogen (secondary N) is 2. The highest BCUT2D eigenvalue weighted by atomic mass is 16.2. The fraction of sp³-hybridized carbons (Fsp3) is 0.636. The molecule has 1 heterocycles. The van der Waals surface area contributed by atoms with Crippen LogP contribution in [0.2, 0.25) is 0 Å². The maximum atomic E-state index is 11.9. The number of nitrogens with zero attached hydrogens (tertiary/aromatic N) is 3. The average molecular weight is 388 g/mol. The van der Waals surface area contributed by atoms with Crippen molar-refractivity contribution in [3.63, 3.8) is 0 Å². The van der Waals surface area contributed by atoms with Gasteiger partial charge in [0, 0.05) is 45.8 Å². The van der Waals surface area contributed by atoms with Crippen LogP contribution in [-0.2, 0) is 6.54 Å². The number of hydrogen-bond donors (Lipinski definition) is 2. The molecule has 156 valence electrons. The van der Waals surface area contributed by atoms with E-state index < -0.39 is 0 Å². The van der Waals surface area contributed by atoms with Crippen LogP contribution in [0.1, 0.15) is 54.9 Å². The summed E-state index contributed by atoms with van der Waals surface area (Å²) in [7, 11) is 5.32. The third-order valence-corrected chi connectivity index (χ3v) is 5.40. The lowest BCUT2D eigenvalue weighted by Gasteiger charge is -2.33. The van der Waals surface area contributed by atoms with Crippen LogP contribution in [0.4, 0.5) is 0 Å². The summed E-state index contributed by atoms with van der Waals surface area (Å²) >= 11 is 0. The lowest BCUT2D eigenvalue weighted by atomic mass is 10.0. The molecule has 1 atom stereocenters. The van der Waals surface area contributed by atoms with E-state index in [1.54, 1.807) is 26.0 Å². The van der Waals surface area contributed by atoms with E-state index in [-0.39, 0.29) is 5.91 Å². The van der Waals surface area contributed by atoms with E-state index in [2.05, 4.69) is 27.4 Å². The number of carbonyl (C=O) groups is 1. The molecule has 1 amide bonds. The summed E-state index contributed by atoms with van der Waals surface area (Å²) in [6.07, 6.45) is 6.44. The Morgan fingerprint density at radius 1 is 1.18 bits per heavy atom. The van der Waals surface area contributed by atoms with Crippen LogP contribution in [0.15, 0.2) is 29.3 Å². The van der Waals surface area contributed by atoms with Gasteiger partial charge in [-0.25, -0.2) is 0 Å². The molecule has 0 aliphatic carbocycles. The van der Waals surface area contributed by atoms with Gasteiger partial charge in [0.15, 0.2) is 5.96 Å². The molecule has 1 aromatic carbocycles. The maximum absolute atomic E-state index is 11.9. The standard InChI is InChI=1S/C22H37N5O/c1-18-9-5-7-15-27(18)16-8-6-14-24-22(23-2)25-17-19-10-12-20(13-11-19)21(28)26(3)4/h10-13,18H,5-9,14-17H2,1-4H3,(H2,23,24,25). The smallest absolute Gasteiger partial charge is 0.253 e. The molecule has 0 saturated carbocycles. The second-order valence-corrected chi connectivity index (χ2v) is 7.84. The topological polar surface area (TPSA) is 60.0 Å². The Kier molecular flexibility index (Phi) is 9.28. The van der Waals surface area contributed by atoms with Gasteiger partial charge in [-0.2, -0.15) is 0 Å². The molecule has 0 bridgehead atoms. The van der Waals surface area contributed by atoms with Gasteiger partial charge in [-0.3, -0.25) is 9.79 Å². The van der Waals surface area contributed by atoms with Crippen LogP contribution < -0.4 is 10.6 Å². The Labute approximate surface area is 170 Å². The minimum Gasteiger partial charge on any atom is -0.356 e. The molecular formula is C22H37N5O. The Morgan fingerprint density at radius 2 is 1.93 bits per heavy atom. The Bertz CT molecular complexity index is 626. The SMILES string of the molecule is CN=C(NCCCCN1CCCCC1C)NCc1ccc(C(=O)N(C)C)cc1. The van der Waals surface area contributed by atoms with Crippen molar-refractivity contribution in [1.29, 1.82) is 0 Å². The van der Waals surface area contributed by atoms with Crippen LogP contribution >= 0.6 is 0 Å². The molecule has 2 N–H and O–H groups in total. The fourth-order valence-corrected chi connectivity index (χ4v) is 3.57. The molecule has 2 rings (SSSR count). The first-order chi connectivity index (χ1) is 13.5. The molecule has 1 saturated heterocycles. The van der Waals surface area contributed by atoms with E-state index in [0.29, 0.717) is 12.1 Å². The zero-order valence-corrected chi connectivity index (χ0v) is 18.0. The largest absolute Gasteiger partial charge is 0.356 e. The molecule has 0 aromatic heterocycles. The summed E-state index contributed by atoms with van der Waals surface area (Å²) in [6, 6.07) is 8.46. The minimum absolute atomic E-state index is 0.0240. The molecule has 1 aliphatic rings. The van der Waals surface area contributed by atoms with Gasteiger partial charge in [-0.1, -0.05) is 18.6 Å². The molecular weight excluding hydrogens is 350 g/mol. The summed E-state index contributed by atoms with van der Waals surface area (Å²) in [4.78, 5) is 20.4. The highest BCUT2D eigenvalue weighted by Gasteiger charge is 2.17. The Balaban J connectivity index is 1.65. The fourth-order valence-electron chi connectivity index (χ4n) is 3.57. The molecule has 1 aromatic rings. The quantitative estimate of drug-likeness (QED) is 0.409. The number of aliphatic imine (C=N–C) groups is 1. The van der Waals surface area contributed by atoms with Gasteiger partial charge in [-0.15, -0.1) is 0 Å². The van der Waals surface area contributed by atoms with Gasteiger partial charge in [0.25, 0.3) is 5.91 Å². The predicted molar refractivity (Wildman–Crippen MR) is 117 cm³/mol. The van der Waals surface area contributed by atoms with Gasteiger partial charge < -0.3 is 20.4 Å². The zero-order valence-electron chi connectivity index (χ0n) is 18.0. The van der Waals surface area contributed by atoms with E-state index in [4.69, 9.17) is 0 Å². The third kappa shape index (κ3) is 7.15. The molecule has 6 heteroatoms. The van der Waals surface area contributed by atoms with Crippen LogP contribution in [0.3, 0.4) is 0 Å². The second kappa shape index (κ2) is 11.7. The molecule has 0 radical (unpaired) electrons. The maximum Gasteiger partial charge on any atom is 0.253 e. The predicted octanol–water partition coefficient (Wildman–Crippen LogP) is 2.71. The number of piperidine rings is 1. The number of amides is 1. The van der Waals surface area contributed by atoms with Gasteiger partial charge in [0.05, 0.1) is 0 Å². The Morgan fingerprint density at radius 3 is 2.57 bits per heavy atom. The van der Waals surface area contributed by atoms with Crippen molar-refractivity contribution >= 4 is 11.9 Å². The van der Waals surface area contributed by atoms with Crippen molar-refractivity contribution in [1.82, 2.24) is 20.4 Å². The van der Waals surface area contributed by atoms with Crippen LogP contribution in [0.5, 0.6) is 0 Å². The zero-order chi connectivity index (χ0) is 20.4. The summed E-state index contributed by atoms with van der Waals surface area (Å²) in [5.74, 6) is 0.843. The van der Waals surface area contributed by atoms with Crippen molar-refractivity contribution in [2.24, 2.45) is 4.99 Å². The van der Waals surface area contributed by atoms with Crippen molar-refractivity contribution < 1.29 is 4.79 Å². The first-order valence-corrected chi connectivity index (χ1v) is 10.5. The van der Waals surface area contributed by atoms with E-state index in [1.165, 1.54) is 38.8 Å². The number of benzene rings is 1. The highest BCUT2D eigenvalue weighted by molar-refractivity contribution is 5.93. The number of rotatable bonds is 8. The number of unbranched alkanes of at least 4 members (excludes halogenated alkanes) is 1. The first kappa shape index (κ1) is 22.2. The Hall–Kier alpha value is -2.08. The van der Waals surface area contributed by atoms with Crippen LogP contribution in [0, 0.1) is 0 Å². The molecule has 1 aliphatic heterocycles. The molecule has 1 unspecified atom stereocenters. The molecule has 0 spiro atoms. The normalized spacial score (nSPS) is 18.0. The van der Waals surface area contributed by atoms with Gasteiger partial charge in [-0.05, 0) is 63.4 Å². The van der Waals surface area contributed by atoms with Crippen molar-refractivity contribution in [3.05, 3.63) is 35.4 Å². The minimum atomic E-state index is 0.0240. The van der Waals surface area contributed by atoms with Crippen LogP contribution in [-0.4, -0.2) is 68.5 Å². The third-order valence-electron chi connectivity index (χ3n) is 5.40.